The molecule has 1 aliphatic rings. The molecule has 114 valence electrons. The Morgan fingerprint density at radius 2 is 1.70 bits per heavy atom. The fraction of sp³-hybridized carbons (Fsp3) is 0.769. The van der Waals surface area contributed by atoms with Gasteiger partial charge < -0.3 is 20.6 Å². The fourth-order valence-corrected chi connectivity index (χ4v) is 2.28. The summed E-state index contributed by atoms with van der Waals surface area (Å²) in [7, 11) is 0. The maximum absolute atomic E-state index is 11.8. The van der Waals surface area contributed by atoms with E-state index in [0.29, 0.717) is 0 Å². The van der Waals surface area contributed by atoms with Crippen LogP contribution < -0.4 is 10.6 Å². The van der Waals surface area contributed by atoms with Crippen molar-refractivity contribution in [3.05, 3.63) is 0 Å². The predicted molar refractivity (Wildman–Crippen MR) is 73.3 cm³/mol. The highest BCUT2D eigenvalue weighted by molar-refractivity contribution is 5.88. The number of carboxylic acids is 1. The lowest BCUT2D eigenvalue weighted by atomic mass is 9.93. The number of urea groups is 1. The zero-order valence-corrected chi connectivity index (χ0v) is 12.1. The lowest BCUT2D eigenvalue weighted by Gasteiger charge is -2.28. The van der Waals surface area contributed by atoms with Gasteiger partial charge in [0.1, 0.15) is 5.54 Å². The van der Waals surface area contributed by atoms with Crippen LogP contribution in [0.15, 0.2) is 0 Å². The standard InChI is InChI=1S/C13H23N3O4/c1-3-13(4-2,11(18)19)15-12(20)14-9-10(17)16-7-5-6-8-16/h3-9H2,1-2H3,(H,18,19)(H2,14,15,20). The van der Waals surface area contributed by atoms with Crippen molar-refractivity contribution < 1.29 is 19.5 Å². The number of carbonyl (C=O) groups is 3. The van der Waals surface area contributed by atoms with Crippen molar-refractivity contribution in [2.45, 2.75) is 45.1 Å². The molecule has 0 aliphatic carbocycles. The van der Waals surface area contributed by atoms with Crippen LogP contribution in [0.5, 0.6) is 0 Å². The molecule has 0 aromatic rings. The van der Waals surface area contributed by atoms with Crippen LogP contribution in [0.2, 0.25) is 0 Å². The van der Waals surface area contributed by atoms with Gasteiger partial charge in [0.25, 0.3) is 0 Å². The lowest BCUT2D eigenvalue weighted by molar-refractivity contribution is -0.144. The Balaban J connectivity index is 2.46. The normalized spacial score (nSPS) is 15.0. The largest absolute Gasteiger partial charge is 0.480 e. The van der Waals surface area contributed by atoms with Crippen LogP contribution in [0, 0.1) is 0 Å². The minimum absolute atomic E-state index is 0.102. The molecule has 0 saturated carbocycles. The van der Waals surface area contributed by atoms with Gasteiger partial charge in [0.05, 0.1) is 6.54 Å². The average Bonchev–Trinajstić information content (AvgIpc) is 2.96. The average molecular weight is 285 g/mol. The Kier molecular flexibility index (Phi) is 5.79. The molecule has 7 nitrogen and oxygen atoms in total. The first kappa shape index (κ1) is 16.3. The monoisotopic (exact) mass is 285 g/mol. The maximum atomic E-state index is 11.8. The highest BCUT2D eigenvalue weighted by Crippen LogP contribution is 2.15. The first-order valence-electron chi connectivity index (χ1n) is 7.02. The minimum Gasteiger partial charge on any atom is -0.480 e. The summed E-state index contributed by atoms with van der Waals surface area (Å²) in [5.41, 5.74) is -1.28. The molecule has 3 amide bonds. The molecule has 1 saturated heterocycles. The predicted octanol–water partition coefficient (Wildman–Crippen LogP) is 0.551. The Morgan fingerprint density at radius 1 is 1.15 bits per heavy atom. The zero-order chi connectivity index (χ0) is 15.2. The first-order chi connectivity index (χ1) is 9.45. The van der Waals surface area contributed by atoms with E-state index < -0.39 is 17.5 Å². The second-order valence-electron chi connectivity index (χ2n) is 4.99. The molecule has 0 unspecified atom stereocenters. The van der Waals surface area contributed by atoms with Crippen LogP contribution in [0.1, 0.15) is 39.5 Å². The van der Waals surface area contributed by atoms with Gasteiger partial charge in [0.15, 0.2) is 0 Å². The van der Waals surface area contributed by atoms with Gasteiger partial charge >= 0.3 is 12.0 Å². The van der Waals surface area contributed by atoms with E-state index in [4.69, 9.17) is 0 Å². The summed E-state index contributed by atoms with van der Waals surface area (Å²) in [5.74, 6) is -1.20. The van der Waals surface area contributed by atoms with Crippen LogP contribution in [0.25, 0.3) is 0 Å². The van der Waals surface area contributed by atoms with Crippen LogP contribution in [-0.4, -0.2) is 53.1 Å². The molecule has 0 atom stereocenters. The van der Waals surface area contributed by atoms with Gasteiger partial charge in [-0.05, 0) is 25.7 Å². The summed E-state index contributed by atoms with van der Waals surface area (Å²) >= 11 is 0. The summed E-state index contributed by atoms with van der Waals surface area (Å²) in [4.78, 5) is 36.4. The van der Waals surface area contributed by atoms with Crippen molar-refractivity contribution in [1.82, 2.24) is 15.5 Å². The molecule has 1 heterocycles. The van der Waals surface area contributed by atoms with E-state index in [1.807, 2.05) is 0 Å². The number of hydrogen-bond donors (Lipinski definition) is 3. The van der Waals surface area contributed by atoms with E-state index in [-0.39, 0.29) is 25.3 Å². The number of carboxylic acid groups (broad SMARTS) is 1. The van der Waals surface area contributed by atoms with Crippen molar-refractivity contribution >= 4 is 17.9 Å². The number of hydrogen-bond acceptors (Lipinski definition) is 3. The number of rotatable bonds is 6. The van der Waals surface area contributed by atoms with E-state index in [0.717, 1.165) is 25.9 Å². The molecule has 1 aliphatic heterocycles. The second-order valence-corrected chi connectivity index (χ2v) is 4.99. The van der Waals surface area contributed by atoms with Crippen LogP contribution in [-0.2, 0) is 9.59 Å². The van der Waals surface area contributed by atoms with Gasteiger partial charge in [0.2, 0.25) is 5.91 Å². The van der Waals surface area contributed by atoms with Gasteiger partial charge in [0, 0.05) is 13.1 Å². The zero-order valence-electron chi connectivity index (χ0n) is 12.1. The van der Waals surface area contributed by atoms with Crippen LogP contribution in [0.4, 0.5) is 4.79 Å². The highest BCUT2D eigenvalue weighted by Gasteiger charge is 2.36. The SMILES string of the molecule is CCC(CC)(NC(=O)NCC(=O)N1CCCC1)C(=O)O. The third kappa shape index (κ3) is 3.85. The topological polar surface area (TPSA) is 98.7 Å². The summed E-state index contributed by atoms with van der Waals surface area (Å²) in [6.45, 7) is 4.76. The van der Waals surface area contributed by atoms with Crippen LogP contribution >= 0.6 is 0 Å². The Hall–Kier alpha value is -1.79. The van der Waals surface area contributed by atoms with E-state index in [2.05, 4.69) is 10.6 Å². The molecule has 3 N–H and O–H groups in total. The number of aliphatic carboxylic acids is 1. The molecule has 0 aromatic heterocycles. The first-order valence-corrected chi connectivity index (χ1v) is 7.02. The molecule has 0 radical (unpaired) electrons. The Morgan fingerprint density at radius 3 is 2.15 bits per heavy atom. The minimum atomic E-state index is -1.28. The van der Waals surface area contributed by atoms with Gasteiger partial charge in [-0.3, -0.25) is 4.79 Å². The molecule has 1 rings (SSSR count). The molecule has 0 spiro atoms. The van der Waals surface area contributed by atoms with Gasteiger partial charge in [-0.15, -0.1) is 0 Å². The van der Waals surface area contributed by atoms with Crippen molar-refractivity contribution in [3.63, 3.8) is 0 Å². The number of nitrogens with one attached hydrogen (secondary N) is 2. The Labute approximate surface area is 118 Å². The summed E-state index contributed by atoms with van der Waals surface area (Å²) < 4.78 is 0. The van der Waals surface area contributed by atoms with Gasteiger partial charge in [-0.1, -0.05) is 13.8 Å². The van der Waals surface area contributed by atoms with E-state index >= 15 is 0 Å². The second kappa shape index (κ2) is 7.12. The molecule has 1 fully saturated rings. The maximum Gasteiger partial charge on any atom is 0.329 e. The van der Waals surface area contributed by atoms with Crippen molar-refractivity contribution in [2.75, 3.05) is 19.6 Å². The summed E-state index contributed by atoms with van der Waals surface area (Å²) in [6, 6.07) is -0.622. The quantitative estimate of drug-likeness (QED) is 0.663. The molecular weight excluding hydrogens is 262 g/mol. The van der Waals surface area contributed by atoms with Crippen molar-refractivity contribution in [1.29, 1.82) is 0 Å². The van der Waals surface area contributed by atoms with Crippen molar-refractivity contribution in [2.24, 2.45) is 0 Å². The molecular formula is C13H23N3O4. The fourth-order valence-electron chi connectivity index (χ4n) is 2.28. The van der Waals surface area contributed by atoms with Crippen molar-refractivity contribution in [3.8, 4) is 0 Å². The number of amides is 3. The molecule has 7 heteroatoms. The van der Waals surface area contributed by atoms with Gasteiger partial charge in [-0.2, -0.15) is 0 Å². The number of likely N-dealkylation sites (tertiary alicyclic amines) is 1. The third-order valence-corrected chi connectivity index (χ3v) is 3.83. The van der Waals surface area contributed by atoms with E-state index in [9.17, 15) is 19.5 Å². The van der Waals surface area contributed by atoms with Crippen LogP contribution in [0.3, 0.4) is 0 Å². The lowest BCUT2D eigenvalue weighted by Crippen LogP contribution is -2.57. The summed E-state index contributed by atoms with van der Waals surface area (Å²) in [5, 5.41) is 14.1. The van der Waals surface area contributed by atoms with Gasteiger partial charge in [-0.25, -0.2) is 9.59 Å². The highest BCUT2D eigenvalue weighted by atomic mass is 16.4. The summed E-state index contributed by atoms with van der Waals surface area (Å²) in [6.07, 6.45) is 2.55. The number of carbonyl (C=O) groups excluding carboxylic acids is 2. The molecule has 0 aromatic carbocycles. The molecule has 20 heavy (non-hydrogen) atoms. The number of nitrogens with zero attached hydrogens (tertiary/aromatic N) is 1. The molecule has 0 bridgehead atoms. The smallest absolute Gasteiger partial charge is 0.329 e. The third-order valence-electron chi connectivity index (χ3n) is 3.83. The van der Waals surface area contributed by atoms with E-state index in [1.165, 1.54) is 0 Å². The van der Waals surface area contributed by atoms with E-state index in [1.54, 1.807) is 18.7 Å². The Bertz CT molecular complexity index is 374.